The highest BCUT2D eigenvalue weighted by atomic mass is 32.2. The predicted molar refractivity (Wildman–Crippen MR) is 176 cm³/mol. The van der Waals surface area contributed by atoms with Crippen LogP contribution in [0.3, 0.4) is 0 Å². The summed E-state index contributed by atoms with van der Waals surface area (Å²) < 4.78 is 7.84. The molecule has 14 heteroatoms. The number of nitrogens with zero attached hydrogens (tertiary/aromatic N) is 6. The van der Waals surface area contributed by atoms with Gasteiger partial charge < -0.3 is 20.1 Å². The van der Waals surface area contributed by atoms with Gasteiger partial charge in [0.2, 0.25) is 0 Å². The Kier molecular flexibility index (Phi) is 10.9. The number of thioether (sulfide) groups is 1. The number of non-ortho nitro benzene ring substituents is 1. The van der Waals surface area contributed by atoms with E-state index in [1.807, 2.05) is 32.9 Å². The van der Waals surface area contributed by atoms with Crippen LogP contribution in [0.1, 0.15) is 35.3 Å². The van der Waals surface area contributed by atoms with Gasteiger partial charge in [0.15, 0.2) is 0 Å². The van der Waals surface area contributed by atoms with Gasteiger partial charge in [0.05, 0.1) is 17.0 Å². The van der Waals surface area contributed by atoms with E-state index >= 15 is 0 Å². The Morgan fingerprint density at radius 3 is 2.35 bits per heavy atom. The Balaban J connectivity index is 0.000000717. The number of phenolic OH excluding ortho intramolecular Hbond substituents is 1. The normalized spacial score (nSPS) is 10.7. The van der Waals surface area contributed by atoms with E-state index in [1.54, 1.807) is 54.6 Å². The third kappa shape index (κ3) is 7.95. The molecule has 0 radical (unpaired) electrons. The van der Waals surface area contributed by atoms with Gasteiger partial charge in [-0.05, 0) is 61.2 Å². The summed E-state index contributed by atoms with van der Waals surface area (Å²) in [6.07, 6.45) is 3.20. The third-order valence-electron chi connectivity index (χ3n) is 6.92. The van der Waals surface area contributed by atoms with Crippen molar-refractivity contribution in [2.45, 2.75) is 33.4 Å². The predicted octanol–water partition coefficient (Wildman–Crippen LogP) is 6.71. The average Bonchev–Trinajstić information content (AvgIpc) is 3.53. The average molecular weight is 644 g/mol. The summed E-state index contributed by atoms with van der Waals surface area (Å²) in [4.78, 5) is 38.5. The summed E-state index contributed by atoms with van der Waals surface area (Å²) in [6, 6.07) is 19.7. The molecule has 1 heterocycles. The van der Waals surface area contributed by atoms with E-state index in [-0.39, 0.29) is 46.3 Å². The molecule has 0 saturated heterocycles. The zero-order valence-electron chi connectivity index (χ0n) is 25.9. The first-order valence-corrected chi connectivity index (χ1v) is 15.3. The number of amides is 2. The monoisotopic (exact) mass is 643 g/mol. The Bertz CT molecular complexity index is 1860. The quantitative estimate of drug-likeness (QED) is 0.137. The van der Waals surface area contributed by atoms with Crippen molar-refractivity contribution in [3.63, 3.8) is 0 Å². The summed E-state index contributed by atoms with van der Waals surface area (Å²) in [5.41, 5.74) is 1.75. The number of ether oxygens (including phenoxy) is 1. The van der Waals surface area contributed by atoms with E-state index in [4.69, 9.17) is 4.74 Å². The molecule has 2 amide bonds. The number of anilines is 1. The molecule has 46 heavy (non-hydrogen) atoms. The van der Waals surface area contributed by atoms with Crippen LogP contribution in [0.25, 0.3) is 10.8 Å². The van der Waals surface area contributed by atoms with E-state index in [0.717, 1.165) is 17.3 Å². The van der Waals surface area contributed by atoms with Gasteiger partial charge in [0.1, 0.15) is 23.6 Å². The van der Waals surface area contributed by atoms with Crippen LogP contribution in [0.2, 0.25) is 0 Å². The number of hydrogen-bond donors (Lipinski definition) is 2. The molecule has 0 spiro atoms. The van der Waals surface area contributed by atoms with Gasteiger partial charge in [-0.1, -0.05) is 54.2 Å². The number of fused-ring (bicyclic) bond motifs is 1. The molecule has 0 fully saturated rings. The summed E-state index contributed by atoms with van der Waals surface area (Å²) in [5.74, 6) is -0.172. The molecule has 0 aliphatic carbocycles. The largest absolute Gasteiger partial charge is 0.506 e. The van der Waals surface area contributed by atoms with Crippen molar-refractivity contribution in [2.24, 2.45) is 7.05 Å². The molecule has 5 aromatic rings. The molecule has 13 nitrogen and oxygen atoms in total. The number of tetrazole rings is 1. The van der Waals surface area contributed by atoms with E-state index in [1.165, 1.54) is 35.3 Å². The lowest BCUT2D eigenvalue weighted by Crippen LogP contribution is -2.33. The standard InChI is InChI=1S/C30H29N3O6S.C2H4N4/c1-18(2)32(30(36)40-4)17-20-15-21(33(37)38)13-14-26(20)39-27-16-24(28(34)23-11-7-6-10-22(23)27)29(35)31-25-12-8-5-9-19(25)3;1-6-2-3-4-5-6/h5-16,18,34H,17H2,1-4H3,(H,31,35);2H,1H3. The van der Waals surface area contributed by atoms with Gasteiger partial charge in [0.25, 0.3) is 16.8 Å². The molecular formula is C32H33N7O6S. The van der Waals surface area contributed by atoms with Gasteiger partial charge in [-0.15, -0.1) is 5.10 Å². The Morgan fingerprint density at radius 1 is 1.07 bits per heavy atom. The van der Waals surface area contributed by atoms with Crippen LogP contribution in [0.4, 0.5) is 16.2 Å². The van der Waals surface area contributed by atoms with Gasteiger partial charge in [-0.25, -0.2) is 4.68 Å². The smallest absolute Gasteiger partial charge is 0.281 e. The number of nitro benzene ring substituents is 1. The number of para-hydroxylation sites is 1. The van der Waals surface area contributed by atoms with Crippen molar-refractivity contribution in [3.05, 3.63) is 106 Å². The second-order valence-electron chi connectivity index (χ2n) is 10.4. The summed E-state index contributed by atoms with van der Waals surface area (Å²) >= 11 is 1.05. The fraction of sp³-hybridized carbons (Fsp3) is 0.219. The number of hydrogen-bond acceptors (Lipinski definition) is 10. The van der Waals surface area contributed by atoms with Crippen molar-refractivity contribution < 1.29 is 24.4 Å². The first-order chi connectivity index (χ1) is 22.0. The lowest BCUT2D eigenvalue weighted by molar-refractivity contribution is -0.384. The number of carbonyl (C=O) groups excluding carboxylic acids is 2. The van der Waals surface area contributed by atoms with Crippen LogP contribution >= 0.6 is 11.8 Å². The Morgan fingerprint density at radius 2 is 1.76 bits per heavy atom. The number of aromatic nitrogens is 4. The summed E-state index contributed by atoms with van der Waals surface area (Å²) in [6.45, 7) is 5.66. The second-order valence-corrected chi connectivity index (χ2v) is 11.2. The first-order valence-electron chi connectivity index (χ1n) is 14.1. The Hall–Kier alpha value is -5.50. The third-order valence-corrected chi connectivity index (χ3v) is 7.50. The van der Waals surface area contributed by atoms with Crippen LogP contribution < -0.4 is 10.1 Å². The molecular weight excluding hydrogens is 610 g/mol. The van der Waals surface area contributed by atoms with E-state index in [2.05, 4.69) is 20.8 Å². The molecule has 2 N–H and O–H groups in total. The summed E-state index contributed by atoms with van der Waals surface area (Å²) in [7, 11) is 1.76. The van der Waals surface area contributed by atoms with Crippen LogP contribution in [0, 0.1) is 17.0 Å². The molecule has 0 aliphatic heterocycles. The van der Waals surface area contributed by atoms with Gasteiger partial charge in [-0.2, -0.15) is 0 Å². The van der Waals surface area contributed by atoms with E-state index in [0.29, 0.717) is 22.0 Å². The number of phenols is 1. The maximum absolute atomic E-state index is 13.3. The molecule has 238 valence electrons. The number of nitro groups is 1. The van der Waals surface area contributed by atoms with Crippen molar-refractivity contribution in [1.82, 2.24) is 25.1 Å². The lowest BCUT2D eigenvalue weighted by atomic mass is 10.0. The molecule has 0 atom stereocenters. The van der Waals surface area contributed by atoms with Crippen LogP contribution in [-0.4, -0.2) is 58.6 Å². The number of rotatable bonds is 8. The number of aryl methyl sites for hydroxylation is 2. The molecule has 0 unspecified atom stereocenters. The first kappa shape index (κ1) is 33.4. The molecule has 4 aromatic carbocycles. The Labute approximate surface area is 269 Å². The van der Waals surface area contributed by atoms with E-state index < -0.39 is 10.8 Å². The fourth-order valence-electron chi connectivity index (χ4n) is 4.47. The van der Waals surface area contributed by atoms with Gasteiger partial charge in [0, 0.05) is 47.2 Å². The zero-order chi connectivity index (χ0) is 33.4. The minimum Gasteiger partial charge on any atom is -0.506 e. The highest BCUT2D eigenvalue weighted by Crippen LogP contribution is 2.40. The highest BCUT2D eigenvalue weighted by molar-refractivity contribution is 8.12. The van der Waals surface area contributed by atoms with Crippen molar-refractivity contribution >= 4 is 45.1 Å². The fourth-order valence-corrected chi connectivity index (χ4v) is 4.98. The molecule has 0 bridgehead atoms. The second kappa shape index (κ2) is 15.0. The zero-order valence-corrected chi connectivity index (χ0v) is 26.7. The minimum atomic E-state index is -0.525. The number of benzene rings is 4. The maximum atomic E-state index is 13.3. The van der Waals surface area contributed by atoms with Crippen LogP contribution in [0.5, 0.6) is 17.2 Å². The van der Waals surface area contributed by atoms with Crippen molar-refractivity contribution in [1.29, 1.82) is 0 Å². The molecule has 1 aromatic heterocycles. The minimum absolute atomic E-state index is 0.00165. The van der Waals surface area contributed by atoms with Crippen LogP contribution in [-0.2, 0) is 13.6 Å². The van der Waals surface area contributed by atoms with Gasteiger partial charge >= 0.3 is 0 Å². The van der Waals surface area contributed by atoms with Crippen molar-refractivity contribution in [2.75, 3.05) is 11.6 Å². The maximum Gasteiger partial charge on any atom is 0.281 e. The highest BCUT2D eigenvalue weighted by Gasteiger charge is 2.23. The SMILES string of the molecule is CSC(=O)N(Cc1cc([N+](=O)[O-])ccc1Oc1cc(C(=O)Nc2ccccc2C)c(O)c2ccccc12)C(C)C.Cn1cnnn1. The summed E-state index contributed by atoms with van der Waals surface area (Å²) in [5, 5.41) is 36.4. The molecule has 0 aliphatic rings. The van der Waals surface area contributed by atoms with Crippen LogP contribution in [0.15, 0.2) is 79.1 Å². The number of carbonyl (C=O) groups is 2. The molecule has 5 rings (SSSR count). The molecule has 0 saturated carbocycles. The topological polar surface area (TPSA) is 166 Å². The van der Waals surface area contributed by atoms with Gasteiger partial charge in [-0.3, -0.25) is 19.7 Å². The lowest BCUT2D eigenvalue weighted by Gasteiger charge is -2.26. The van der Waals surface area contributed by atoms with Crippen molar-refractivity contribution in [3.8, 4) is 17.2 Å². The number of aromatic hydroxyl groups is 1. The number of nitrogens with one attached hydrogen (secondary N) is 1. The van der Waals surface area contributed by atoms with E-state index in [9.17, 15) is 24.8 Å².